The molecule has 2 aromatic rings. The molecule has 18 heavy (non-hydrogen) atoms. The second kappa shape index (κ2) is 5.91. The normalized spacial score (nSPS) is 12.6. The molecule has 2 rings (SSSR count). The molecule has 0 amide bonds. The van der Waals surface area contributed by atoms with E-state index in [1.54, 1.807) is 6.92 Å². The first-order valence-corrected chi connectivity index (χ1v) is 6.61. The third kappa shape index (κ3) is 2.67. The van der Waals surface area contributed by atoms with Gasteiger partial charge < -0.3 is 9.72 Å². The number of para-hydroxylation sites is 2. The number of nitrogens with one attached hydrogen (secondary N) is 1. The van der Waals surface area contributed by atoms with Crippen LogP contribution in [0.5, 0.6) is 0 Å². The molecule has 0 radical (unpaired) electrons. The first-order valence-electron chi connectivity index (χ1n) is 5.98. The van der Waals surface area contributed by atoms with Crippen molar-refractivity contribution < 1.29 is 9.53 Å². The number of aromatic nitrogens is 2. The molecule has 5 heteroatoms. The van der Waals surface area contributed by atoms with Crippen molar-refractivity contribution in [1.29, 1.82) is 0 Å². The van der Waals surface area contributed by atoms with Crippen LogP contribution in [-0.4, -0.2) is 28.3 Å². The summed E-state index contributed by atoms with van der Waals surface area (Å²) in [5.74, 6) is 0.657. The van der Waals surface area contributed by atoms with Gasteiger partial charge in [0.1, 0.15) is 11.7 Å². The molecule has 1 heterocycles. The molecule has 0 spiro atoms. The van der Waals surface area contributed by atoms with Crippen molar-refractivity contribution in [3.8, 4) is 0 Å². The first-order chi connectivity index (χ1) is 8.76. The number of carbonyl (C=O) groups is 1. The minimum atomic E-state index is -0.366. The van der Waals surface area contributed by atoms with Crippen molar-refractivity contribution in [3.63, 3.8) is 0 Å². The van der Waals surface area contributed by atoms with E-state index < -0.39 is 0 Å². The molecule has 0 bridgehead atoms. The Balaban J connectivity index is 2.32. The number of nitrogens with zero attached hydrogens (tertiary/aromatic N) is 1. The van der Waals surface area contributed by atoms with Gasteiger partial charge in [-0.15, -0.1) is 0 Å². The molecule has 0 saturated carbocycles. The summed E-state index contributed by atoms with van der Waals surface area (Å²) in [6, 6.07) is 7.71. The van der Waals surface area contributed by atoms with E-state index in [0.29, 0.717) is 24.6 Å². The fourth-order valence-electron chi connectivity index (χ4n) is 1.88. The van der Waals surface area contributed by atoms with Crippen LogP contribution in [-0.2, 0) is 9.53 Å². The van der Waals surface area contributed by atoms with Crippen LogP contribution in [0.25, 0.3) is 11.0 Å². The Bertz CT molecular complexity index is 506. The lowest BCUT2D eigenvalue weighted by Crippen LogP contribution is -2.17. The van der Waals surface area contributed by atoms with Gasteiger partial charge in [0.25, 0.3) is 0 Å². The van der Waals surface area contributed by atoms with Gasteiger partial charge in [0.15, 0.2) is 0 Å². The molecule has 1 N–H and O–H groups in total. The van der Waals surface area contributed by atoms with Crippen LogP contribution in [0.4, 0.5) is 0 Å². The van der Waals surface area contributed by atoms with Gasteiger partial charge in [0.05, 0.1) is 17.6 Å². The van der Waals surface area contributed by atoms with Gasteiger partial charge in [0.2, 0.25) is 0 Å². The Hall–Kier alpha value is -1.49. The number of esters is 1. The number of hydrogen-bond donors (Lipinski definition) is 2. The highest BCUT2D eigenvalue weighted by Crippen LogP contribution is 2.22. The minimum absolute atomic E-state index is 0.245. The first kappa shape index (κ1) is 13.0. The summed E-state index contributed by atoms with van der Waals surface area (Å²) in [5, 5.41) is 0. The van der Waals surface area contributed by atoms with E-state index in [1.807, 2.05) is 24.3 Å². The van der Waals surface area contributed by atoms with Crippen molar-refractivity contribution in [1.82, 2.24) is 9.97 Å². The zero-order valence-corrected chi connectivity index (χ0v) is 11.1. The van der Waals surface area contributed by atoms with Crippen LogP contribution in [0.2, 0.25) is 0 Å². The molecule has 4 nitrogen and oxygen atoms in total. The number of imidazole rings is 1. The maximum atomic E-state index is 11.9. The number of aromatic amines is 1. The molecule has 1 unspecified atom stereocenters. The van der Waals surface area contributed by atoms with Crippen molar-refractivity contribution in [2.75, 3.05) is 12.4 Å². The van der Waals surface area contributed by atoms with E-state index in [9.17, 15) is 4.79 Å². The molecule has 0 fully saturated rings. The standard InChI is InChI=1S/C13H16N2O2S/c1-2-17-13(16)9(7-8-18)12-14-10-5-3-4-6-11(10)15-12/h3-6,9,18H,2,7-8H2,1H3,(H,14,15). The summed E-state index contributed by atoms with van der Waals surface area (Å²) in [6.07, 6.45) is 0.613. The second-order valence-electron chi connectivity index (χ2n) is 3.96. The lowest BCUT2D eigenvalue weighted by atomic mass is 10.1. The number of H-pyrrole nitrogens is 1. The SMILES string of the molecule is CCOC(=O)C(CCS)c1nc2ccccc2[nH]1. The van der Waals surface area contributed by atoms with Gasteiger partial charge in [0, 0.05) is 0 Å². The summed E-state index contributed by atoms with van der Waals surface area (Å²) in [6.45, 7) is 2.18. The molecule has 1 aromatic heterocycles. The molecule has 1 atom stereocenters. The highest BCUT2D eigenvalue weighted by Gasteiger charge is 2.24. The maximum absolute atomic E-state index is 11.9. The monoisotopic (exact) mass is 264 g/mol. The summed E-state index contributed by atoms with van der Waals surface area (Å²) >= 11 is 4.19. The number of thiol groups is 1. The zero-order valence-electron chi connectivity index (χ0n) is 10.2. The van der Waals surface area contributed by atoms with Gasteiger partial charge in [-0.3, -0.25) is 4.79 Å². The average Bonchev–Trinajstić information content (AvgIpc) is 2.79. The number of benzene rings is 1. The molecule has 0 aliphatic heterocycles. The minimum Gasteiger partial charge on any atom is -0.465 e. The van der Waals surface area contributed by atoms with Crippen LogP contribution in [0.15, 0.2) is 24.3 Å². The molecule has 0 saturated heterocycles. The molecular weight excluding hydrogens is 248 g/mol. The Morgan fingerprint density at radius 2 is 2.28 bits per heavy atom. The summed E-state index contributed by atoms with van der Waals surface area (Å²) in [7, 11) is 0. The van der Waals surface area contributed by atoms with Gasteiger partial charge in [-0.1, -0.05) is 12.1 Å². The van der Waals surface area contributed by atoms with Gasteiger partial charge in [-0.25, -0.2) is 4.98 Å². The highest BCUT2D eigenvalue weighted by molar-refractivity contribution is 7.80. The highest BCUT2D eigenvalue weighted by atomic mass is 32.1. The van der Waals surface area contributed by atoms with E-state index in [4.69, 9.17) is 4.74 Å². The summed E-state index contributed by atoms with van der Waals surface area (Å²) < 4.78 is 5.07. The third-order valence-electron chi connectivity index (χ3n) is 2.73. The van der Waals surface area contributed by atoms with Crippen molar-refractivity contribution in [2.24, 2.45) is 0 Å². The summed E-state index contributed by atoms with van der Waals surface area (Å²) in [5.41, 5.74) is 1.79. The Kier molecular flexibility index (Phi) is 4.25. The molecule has 96 valence electrons. The molecule has 1 aromatic carbocycles. The topological polar surface area (TPSA) is 55.0 Å². The van der Waals surface area contributed by atoms with E-state index in [-0.39, 0.29) is 11.9 Å². The number of rotatable bonds is 5. The molecule has 0 aliphatic carbocycles. The van der Waals surface area contributed by atoms with Crippen LogP contribution in [0, 0.1) is 0 Å². The van der Waals surface area contributed by atoms with E-state index in [0.717, 1.165) is 11.0 Å². The Labute approximate surface area is 111 Å². The molecular formula is C13H16N2O2S. The predicted octanol–water partition coefficient (Wildman–Crippen LogP) is 2.53. The van der Waals surface area contributed by atoms with Crippen LogP contribution in [0.1, 0.15) is 25.1 Å². The average molecular weight is 264 g/mol. The van der Waals surface area contributed by atoms with Crippen LogP contribution >= 0.6 is 12.6 Å². The fraction of sp³-hybridized carbons (Fsp3) is 0.385. The lowest BCUT2D eigenvalue weighted by molar-refractivity contribution is -0.145. The number of ether oxygens (including phenoxy) is 1. The predicted molar refractivity (Wildman–Crippen MR) is 73.9 cm³/mol. The molecule has 0 aliphatic rings. The van der Waals surface area contributed by atoms with Crippen LogP contribution in [0.3, 0.4) is 0 Å². The van der Waals surface area contributed by atoms with Gasteiger partial charge in [-0.2, -0.15) is 12.6 Å². The third-order valence-corrected chi connectivity index (χ3v) is 2.98. The van der Waals surface area contributed by atoms with Crippen molar-refractivity contribution >= 4 is 29.6 Å². The van der Waals surface area contributed by atoms with Gasteiger partial charge >= 0.3 is 5.97 Å². The second-order valence-corrected chi connectivity index (χ2v) is 4.40. The zero-order chi connectivity index (χ0) is 13.0. The quantitative estimate of drug-likeness (QED) is 0.644. The maximum Gasteiger partial charge on any atom is 0.316 e. The fourth-order valence-corrected chi connectivity index (χ4v) is 2.13. The summed E-state index contributed by atoms with van der Waals surface area (Å²) in [4.78, 5) is 19.5. The van der Waals surface area contributed by atoms with E-state index in [2.05, 4.69) is 22.6 Å². The Morgan fingerprint density at radius 1 is 1.50 bits per heavy atom. The smallest absolute Gasteiger partial charge is 0.316 e. The van der Waals surface area contributed by atoms with Crippen LogP contribution < -0.4 is 0 Å². The largest absolute Gasteiger partial charge is 0.465 e. The lowest BCUT2D eigenvalue weighted by Gasteiger charge is -2.11. The van der Waals surface area contributed by atoms with E-state index in [1.165, 1.54) is 0 Å². The number of carbonyl (C=O) groups excluding carboxylic acids is 1. The Morgan fingerprint density at radius 3 is 2.94 bits per heavy atom. The van der Waals surface area contributed by atoms with Gasteiger partial charge in [-0.05, 0) is 31.2 Å². The number of fused-ring (bicyclic) bond motifs is 1. The number of hydrogen-bond acceptors (Lipinski definition) is 4. The van der Waals surface area contributed by atoms with E-state index >= 15 is 0 Å². The van der Waals surface area contributed by atoms with Crippen molar-refractivity contribution in [3.05, 3.63) is 30.1 Å². The van der Waals surface area contributed by atoms with Crippen molar-refractivity contribution in [2.45, 2.75) is 19.3 Å².